The lowest BCUT2D eigenvalue weighted by molar-refractivity contribution is -0.114. The molecule has 2 aromatic carbocycles. The average Bonchev–Trinajstić information content (AvgIpc) is 2.40. The Morgan fingerprint density at radius 1 is 1.05 bits per heavy atom. The summed E-state index contributed by atoms with van der Waals surface area (Å²) in [5.41, 5.74) is 0.571. The first-order chi connectivity index (χ1) is 9.87. The molecule has 1 N–H and O–H groups in total. The Morgan fingerprint density at radius 2 is 1.62 bits per heavy atom. The minimum atomic E-state index is -3.86. The molecule has 0 aliphatic heterocycles. The quantitative estimate of drug-likeness (QED) is 0.614. The van der Waals surface area contributed by atoms with Crippen LogP contribution in [-0.4, -0.2) is 14.3 Å². The van der Waals surface area contributed by atoms with Gasteiger partial charge in [-0.05, 0) is 71.1 Å². The topological polar surface area (TPSA) is 72.5 Å². The van der Waals surface area contributed by atoms with Crippen LogP contribution in [0, 0.1) is 3.57 Å². The van der Waals surface area contributed by atoms with Crippen molar-refractivity contribution in [2.75, 3.05) is 5.32 Å². The fourth-order valence-electron chi connectivity index (χ4n) is 1.57. The fraction of sp³-hybridized carbons (Fsp3) is 0.0714. The second-order valence-electron chi connectivity index (χ2n) is 4.20. The van der Waals surface area contributed by atoms with E-state index in [9.17, 15) is 13.2 Å². The maximum Gasteiger partial charge on any atom is 0.339 e. The standard InChI is InChI=1S/C14H12INO4S/c1-10(17)16-12-4-6-13(7-5-12)20-21(18,19)14-8-2-11(15)3-9-14/h2-9H,1H3,(H,16,17). The van der Waals surface area contributed by atoms with Crippen molar-refractivity contribution in [3.05, 3.63) is 52.1 Å². The van der Waals surface area contributed by atoms with E-state index < -0.39 is 10.1 Å². The molecule has 0 bridgehead atoms. The molecule has 0 unspecified atom stereocenters. The predicted molar refractivity (Wildman–Crippen MR) is 87.7 cm³/mol. The summed E-state index contributed by atoms with van der Waals surface area (Å²) in [6.07, 6.45) is 0. The van der Waals surface area contributed by atoms with Crippen LogP contribution in [-0.2, 0) is 14.9 Å². The van der Waals surface area contributed by atoms with Gasteiger partial charge in [0.2, 0.25) is 5.91 Å². The van der Waals surface area contributed by atoms with E-state index in [0.29, 0.717) is 5.69 Å². The zero-order valence-corrected chi connectivity index (χ0v) is 14.0. The number of amides is 1. The van der Waals surface area contributed by atoms with Gasteiger partial charge in [0.05, 0.1) is 0 Å². The molecule has 0 radical (unpaired) electrons. The monoisotopic (exact) mass is 417 g/mol. The highest BCUT2D eigenvalue weighted by Crippen LogP contribution is 2.21. The number of benzene rings is 2. The van der Waals surface area contributed by atoms with Gasteiger partial charge < -0.3 is 9.50 Å². The van der Waals surface area contributed by atoms with Crippen LogP contribution in [0.5, 0.6) is 5.75 Å². The highest BCUT2D eigenvalue weighted by molar-refractivity contribution is 14.1. The summed E-state index contributed by atoms with van der Waals surface area (Å²) in [6, 6.07) is 12.5. The molecular weight excluding hydrogens is 405 g/mol. The summed E-state index contributed by atoms with van der Waals surface area (Å²) in [5.74, 6) is -0.0159. The first-order valence-electron chi connectivity index (χ1n) is 5.94. The zero-order chi connectivity index (χ0) is 15.5. The Morgan fingerprint density at radius 3 is 2.14 bits per heavy atom. The van der Waals surface area contributed by atoms with Gasteiger partial charge in [0.15, 0.2) is 0 Å². The summed E-state index contributed by atoms with van der Waals surface area (Å²) in [7, 11) is -3.86. The van der Waals surface area contributed by atoms with E-state index in [2.05, 4.69) is 27.9 Å². The van der Waals surface area contributed by atoms with Gasteiger partial charge in [-0.3, -0.25) is 4.79 Å². The molecule has 0 saturated carbocycles. The van der Waals surface area contributed by atoms with Gasteiger partial charge in [-0.15, -0.1) is 0 Å². The van der Waals surface area contributed by atoms with Gasteiger partial charge in [0.25, 0.3) is 0 Å². The van der Waals surface area contributed by atoms with Crippen LogP contribution in [0.25, 0.3) is 0 Å². The number of carbonyl (C=O) groups is 1. The van der Waals surface area contributed by atoms with Crippen LogP contribution < -0.4 is 9.50 Å². The molecule has 0 aromatic heterocycles. The van der Waals surface area contributed by atoms with Crippen molar-refractivity contribution < 1.29 is 17.4 Å². The van der Waals surface area contributed by atoms with Crippen molar-refractivity contribution >= 4 is 44.3 Å². The van der Waals surface area contributed by atoms with Crippen molar-refractivity contribution in [3.63, 3.8) is 0 Å². The van der Waals surface area contributed by atoms with Crippen LogP contribution in [0.15, 0.2) is 53.4 Å². The third kappa shape index (κ3) is 4.43. The second kappa shape index (κ2) is 6.44. The Balaban J connectivity index is 2.16. The van der Waals surface area contributed by atoms with E-state index in [1.54, 1.807) is 24.3 Å². The summed E-state index contributed by atoms with van der Waals surface area (Å²) >= 11 is 2.09. The average molecular weight is 417 g/mol. The van der Waals surface area contributed by atoms with Crippen LogP contribution in [0.1, 0.15) is 6.92 Å². The largest absolute Gasteiger partial charge is 0.379 e. The molecule has 0 heterocycles. The molecule has 0 atom stereocenters. The van der Waals surface area contributed by atoms with Gasteiger partial charge >= 0.3 is 10.1 Å². The zero-order valence-electron chi connectivity index (χ0n) is 11.0. The van der Waals surface area contributed by atoms with E-state index in [-0.39, 0.29) is 16.6 Å². The summed E-state index contributed by atoms with van der Waals surface area (Å²) in [6.45, 7) is 1.39. The Kier molecular flexibility index (Phi) is 4.84. The van der Waals surface area contributed by atoms with Gasteiger partial charge in [-0.2, -0.15) is 8.42 Å². The Hall–Kier alpha value is -1.61. The first kappa shape index (κ1) is 15.8. The molecule has 21 heavy (non-hydrogen) atoms. The van der Waals surface area contributed by atoms with E-state index in [0.717, 1.165) is 3.57 Å². The number of rotatable bonds is 4. The molecule has 110 valence electrons. The van der Waals surface area contributed by atoms with Crippen molar-refractivity contribution in [1.82, 2.24) is 0 Å². The third-order valence-corrected chi connectivity index (χ3v) is 4.46. The van der Waals surface area contributed by atoms with Crippen molar-refractivity contribution in [2.45, 2.75) is 11.8 Å². The molecule has 0 saturated heterocycles. The lowest BCUT2D eigenvalue weighted by Gasteiger charge is -2.08. The van der Waals surface area contributed by atoms with Gasteiger partial charge in [0.1, 0.15) is 10.6 Å². The van der Waals surface area contributed by atoms with Crippen LogP contribution in [0.2, 0.25) is 0 Å². The first-order valence-corrected chi connectivity index (χ1v) is 8.43. The molecule has 0 aliphatic carbocycles. The summed E-state index contributed by atoms with van der Waals surface area (Å²) in [4.78, 5) is 11.0. The number of anilines is 1. The number of nitrogens with one attached hydrogen (secondary N) is 1. The van der Waals surface area contributed by atoms with Crippen LogP contribution in [0.3, 0.4) is 0 Å². The molecule has 0 fully saturated rings. The van der Waals surface area contributed by atoms with E-state index in [1.165, 1.54) is 31.2 Å². The SMILES string of the molecule is CC(=O)Nc1ccc(OS(=O)(=O)c2ccc(I)cc2)cc1. The minimum absolute atomic E-state index is 0.0915. The van der Waals surface area contributed by atoms with Crippen molar-refractivity contribution in [3.8, 4) is 5.75 Å². The summed E-state index contributed by atoms with van der Waals surface area (Å²) < 4.78 is 30.1. The van der Waals surface area contributed by atoms with Crippen LogP contribution in [0.4, 0.5) is 5.69 Å². The Bertz CT molecular complexity index is 740. The maximum absolute atomic E-state index is 12.1. The predicted octanol–water partition coefficient (Wildman–Crippen LogP) is 3.02. The van der Waals surface area contributed by atoms with Crippen molar-refractivity contribution in [2.24, 2.45) is 0 Å². The third-order valence-electron chi connectivity index (χ3n) is 2.48. The molecule has 0 spiro atoms. The van der Waals surface area contributed by atoms with E-state index in [4.69, 9.17) is 4.18 Å². The minimum Gasteiger partial charge on any atom is -0.379 e. The van der Waals surface area contributed by atoms with Crippen LogP contribution >= 0.6 is 22.6 Å². The number of carbonyl (C=O) groups excluding carboxylic acids is 1. The summed E-state index contributed by atoms with van der Waals surface area (Å²) in [5, 5.41) is 2.59. The molecular formula is C14H12INO4S. The highest BCUT2D eigenvalue weighted by Gasteiger charge is 2.16. The number of hydrogen-bond donors (Lipinski definition) is 1. The highest BCUT2D eigenvalue weighted by atomic mass is 127. The Labute approximate surface area is 136 Å². The molecule has 1 amide bonds. The molecule has 2 aromatic rings. The maximum atomic E-state index is 12.1. The molecule has 2 rings (SSSR count). The van der Waals surface area contributed by atoms with E-state index >= 15 is 0 Å². The lowest BCUT2D eigenvalue weighted by Crippen LogP contribution is -2.10. The second-order valence-corrected chi connectivity index (χ2v) is 6.99. The number of halogens is 1. The van der Waals surface area contributed by atoms with Crippen molar-refractivity contribution in [1.29, 1.82) is 0 Å². The molecule has 5 nitrogen and oxygen atoms in total. The lowest BCUT2D eigenvalue weighted by atomic mass is 10.3. The molecule has 0 aliphatic rings. The number of hydrogen-bond acceptors (Lipinski definition) is 4. The fourth-order valence-corrected chi connectivity index (χ4v) is 2.86. The normalized spacial score (nSPS) is 11.0. The van der Waals surface area contributed by atoms with E-state index in [1.807, 2.05) is 0 Å². The van der Waals surface area contributed by atoms with Gasteiger partial charge in [-0.25, -0.2) is 0 Å². The smallest absolute Gasteiger partial charge is 0.339 e. The molecule has 7 heteroatoms. The van der Waals surface area contributed by atoms with Gasteiger partial charge in [0, 0.05) is 16.2 Å². The van der Waals surface area contributed by atoms with Gasteiger partial charge in [-0.1, -0.05) is 0 Å².